The van der Waals surface area contributed by atoms with Crippen molar-refractivity contribution in [2.75, 3.05) is 5.32 Å². The Morgan fingerprint density at radius 2 is 1.62 bits per heavy atom. The van der Waals surface area contributed by atoms with Crippen LogP contribution in [0.2, 0.25) is 0 Å². The molecule has 1 aliphatic carbocycles. The van der Waals surface area contributed by atoms with E-state index in [4.69, 9.17) is 0 Å². The van der Waals surface area contributed by atoms with Gasteiger partial charge in [-0.15, -0.1) is 0 Å². The number of carboxylic acid groups (broad SMARTS) is 1. The van der Waals surface area contributed by atoms with Crippen LogP contribution in [0.1, 0.15) is 51.6 Å². The largest absolute Gasteiger partial charge is 0.478 e. The van der Waals surface area contributed by atoms with Crippen LogP contribution in [0.5, 0.6) is 0 Å². The minimum Gasteiger partial charge on any atom is -0.478 e. The van der Waals surface area contributed by atoms with E-state index in [2.05, 4.69) is 9.71 Å². The van der Waals surface area contributed by atoms with Crippen molar-refractivity contribution < 1.29 is 23.1 Å². The molecule has 0 saturated carbocycles. The van der Waals surface area contributed by atoms with Gasteiger partial charge >= 0.3 is 5.97 Å². The van der Waals surface area contributed by atoms with E-state index in [9.17, 15) is 23.1 Å². The van der Waals surface area contributed by atoms with Gasteiger partial charge in [-0.25, -0.2) is 4.79 Å². The van der Waals surface area contributed by atoms with Crippen LogP contribution in [-0.4, -0.2) is 31.0 Å². The lowest BCUT2D eigenvalue weighted by Crippen LogP contribution is -2.22. The molecule has 4 rings (SSSR count). The van der Waals surface area contributed by atoms with Gasteiger partial charge in [0.15, 0.2) is 0 Å². The number of fused-ring (bicyclic) bond motifs is 1. The summed E-state index contributed by atoms with van der Waals surface area (Å²) in [5, 5.41) is 12.1. The van der Waals surface area contributed by atoms with Gasteiger partial charge in [0.25, 0.3) is 10.0 Å². The molecule has 1 aliphatic rings. The molecule has 0 heterocycles. The Morgan fingerprint density at radius 1 is 0.941 bits per heavy atom. The fourth-order valence-electron chi connectivity index (χ4n) is 3.59. The molecule has 172 valence electrons. The van der Waals surface area contributed by atoms with E-state index in [0.717, 1.165) is 5.56 Å². The molecule has 0 radical (unpaired) electrons. The summed E-state index contributed by atoms with van der Waals surface area (Å²) in [5.74, 6) is -1.20. The Labute approximate surface area is 197 Å². The summed E-state index contributed by atoms with van der Waals surface area (Å²) in [6, 6.07) is 19.2. The molecule has 0 fully saturated rings. The number of anilines is 1. The summed E-state index contributed by atoms with van der Waals surface area (Å²) in [6.07, 6.45) is 1.37. The fourth-order valence-corrected chi connectivity index (χ4v) is 4.59. The average molecular weight is 475 g/mol. The highest BCUT2D eigenvalue weighted by atomic mass is 32.2. The summed E-state index contributed by atoms with van der Waals surface area (Å²) < 4.78 is 30.2. The van der Waals surface area contributed by atoms with E-state index < -0.39 is 16.0 Å². The van der Waals surface area contributed by atoms with Gasteiger partial charge < -0.3 is 10.4 Å². The van der Waals surface area contributed by atoms with E-state index in [1.165, 1.54) is 30.3 Å². The Hall–Kier alpha value is -4.04. The van der Waals surface area contributed by atoms with Gasteiger partial charge in [0.1, 0.15) is 0 Å². The number of hydrogen-bond donors (Lipinski definition) is 2. The lowest BCUT2D eigenvalue weighted by atomic mass is 9.92. The van der Waals surface area contributed by atoms with E-state index >= 15 is 0 Å². The maximum atomic E-state index is 13.1. The smallest absolute Gasteiger partial charge is 0.335 e. The molecule has 0 amide bonds. The number of aromatic carboxylic acids is 1. The highest BCUT2D eigenvalue weighted by molar-refractivity contribution is 7.90. The van der Waals surface area contributed by atoms with E-state index in [-0.39, 0.29) is 33.6 Å². The van der Waals surface area contributed by atoms with Crippen LogP contribution < -0.4 is 5.32 Å². The number of sulfonamides is 1. The number of ketones is 1. The second-order valence-electron chi connectivity index (χ2n) is 8.12. The first-order chi connectivity index (χ1) is 16.2. The van der Waals surface area contributed by atoms with Crippen molar-refractivity contribution >= 4 is 33.2 Å². The van der Waals surface area contributed by atoms with Gasteiger partial charge in [-0.2, -0.15) is 12.8 Å². The quantitative estimate of drug-likeness (QED) is 0.527. The predicted octanol–water partition coefficient (Wildman–Crippen LogP) is 4.88. The molecule has 7 nitrogen and oxygen atoms in total. The van der Waals surface area contributed by atoms with Crippen LogP contribution in [0, 0.1) is 0 Å². The van der Waals surface area contributed by atoms with Crippen molar-refractivity contribution in [3.8, 4) is 0 Å². The topological polar surface area (TPSA) is 113 Å². The number of nitrogens with zero attached hydrogens (tertiary/aromatic N) is 1. The van der Waals surface area contributed by atoms with E-state index in [0.29, 0.717) is 16.8 Å². The number of benzene rings is 3. The number of Topliss-reactive ketones (excluding diaryl/α,β-unsaturated/α-hetero) is 1. The number of rotatable bonds is 6. The van der Waals surface area contributed by atoms with E-state index in [1.807, 2.05) is 13.8 Å². The third-order valence-corrected chi connectivity index (χ3v) is 6.73. The van der Waals surface area contributed by atoms with Crippen molar-refractivity contribution in [2.45, 2.75) is 24.7 Å². The summed E-state index contributed by atoms with van der Waals surface area (Å²) in [4.78, 5) is 24.4. The van der Waals surface area contributed by atoms with E-state index in [1.54, 1.807) is 48.5 Å². The van der Waals surface area contributed by atoms with Crippen LogP contribution in [0.3, 0.4) is 0 Å². The van der Waals surface area contributed by atoms with Gasteiger partial charge in [0, 0.05) is 16.8 Å². The average Bonchev–Trinajstić information content (AvgIpc) is 2.82. The van der Waals surface area contributed by atoms with Crippen molar-refractivity contribution in [1.29, 1.82) is 0 Å². The molecule has 0 aliphatic heterocycles. The molecule has 3 aromatic rings. The summed E-state index contributed by atoms with van der Waals surface area (Å²) in [5.41, 5.74) is 2.34. The molecule has 0 aromatic heterocycles. The first-order valence-electron chi connectivity index (χ1n) is 10.6. The van der Waals surface area contributed by atoms with Crippen molar-refractivity contribution in [3.05, 3.63) is 107 Å². The third kappa shape index (κ3) is 4.67. The first-order valence-corrected chi connectivity index (χ1v) is 12.0. The van der Waals surface area contributed by atoms with Crippen LogP contribution in [0.4, 0.5) is 5.69 Å². The van der Waals surface area contributed by atoms with Gasteiger partial charge in [0.2, 0.25) is 5.78 Å². The molecule has 0 atom stereocenters. The number of carboxylic acids is 1. The number of carbonyl (C=O) groups is 2. The molecule has 0 spiro atoms. The maximum absolute atomic E-state index is 13.1. The predicted molar refractivity (Wildman–Crippen MR) is 130 cm³/mol. The van der Waals surface area contributed by atoms with Crippen LogP contribution in [0.25, 0.3) is 0 Å². The Balaban J connectivity index is 1.77. The second kappa shape index (κ2) is 9.07. The number of carbonyl (C=O) groups excluding carboxylic acids is 1. The normalized spacial score (nSPS) is 14.6. The summed E-state index contributed by atoms with van der Waals surface area (Å²) >= 11 is 0. The zero-order chi connectivity index (χ0) is 24.5. The minimum absolute atomic E-state index is 0.0515. The summed E-state index contributed by atoms with van der Waals surface area (Å²) in [6.45, 7) is 4.04. The standard InChI is InChI=1S/C26H22N2O5S/c1-16(2)17-10-12-20(13-11-17)34(32,33)28-23-15-24(25(29)22-9-4-3-8-21(22)23)27-19-7-5-6-18(14-19)26(30)31/h3-16,27H,1-2H3,(H,30,31)/b28-23+. The zero-order valence-electron chi connectivity index (χ0n) is 18.5. The first kappa shape index (κ1) is 23.1. The van der Waals surface area contributed by atoms with Crippen molar-refractivity contribution in [2.24, 2.45) is 4.40 Å². The van der Waals surface area contributed by atoms with Gasteiger partial charge in [-0.05, 0) is 47.9 Å². The highest BCUT2D eigenvalue weighted by Crippen LogP contribution is 2.26. The Bertz CT molecular complexity index is 1450. The molecular formula is C26H22N2O5S. The number of hydrogen-bond acceptors (Lipinski definition) is 5. The second-order valence-corrected chi connectivity index (χ2v) is 9.72. The fraction of sp³-hybridized carbons (Fsp3) is 0.115. The molecule has 34 heavy (non-hydrogen) atoms. The summed E-state index contributed by atoms with van der Waals surface area (Å²) in [7, 11) is -4.05. The number of allylic oxidation sites excluding steroid dienone is 2. The van der Waals surface area contributed by atoms with Gasteiger partial charge in [-0.1, -0.05) is 56.3 Å². The van der Waals surface area contributed by atoms with Gasteiger partial charge in [0.05, 0.1) is 21.9 Å². The molecule has 8 heteroatoms. The van der Waals surface area contributed by atoms with Crippen molar-refractivity contribution in [3.63, 3.8) is 0 Å². The lowest BCUT2D eigenvalue weighted by Gasteiger charge is -2.19. The molecule has 0 bridgehead atoms. The maximum Gasteiger partial charge on any atom is 0.335 e. The van der Waals surface area contributed by atoms with Crippen molar-refractivity contribution in [1.82, 2.24) is 0 Å². The SMILES string of the molecule is CC(C)c1ccc(S(=O)(=O)/N=C2\C=C(Nc3cccc(C(=O)O)c3)C(=O)c3ccccc32)cc1. The minimum atomic E-state index is -4.05. The zero-order valence-corrected chi connectivity index (χ0v) is 19.3. The molecular weight excluding hydrogens is 452 g/mol. The van der Waals surface area contributed by atoms with Crippen LogP contribution in [0.15, 0.2) is 93.9 Å². The molecule has 3 aromatic carbocycles. The molecule has 0 unspecified atom stereocenters. The van der Waals surface area contributed by atoms with Crippen LogP contribution in [-0.2, 0) is 10.0 Å². The Kier molecular flexibility index (Phi) is 6.17. The Morgan fingerprint density at radius 3 is 2.26 bits per heavy atom. The van der Waals surface area contributed by atoms with Crippen LogP contribution >= 0.6 is 0 Å². The monoisotopic (exact) mass is 474 g/mol. The molecule has 0 saturated heterocycles. The lowest BCUT2D eigenvalue weighted by molar-refractivity contribution is 0.0696. The van der Waals surface area contributed by atoms with Gasteiger partial charge in [-0.3, -0.25) is 4.79 Å². The highest BCUT2D eigenvalue weighted by Gasteiger charge is 2.26. The molecule has 2 N–H and O–H groups in total. The number of nitrogens with one attached hydrogen (secondary N) is 1. The third-order valence-electron chi connectivity index (χ3n) is 5.43.